The third-order valence-electron chi connectivity index (χ3n) is 2.52. The van der Waals surface area contributed by atoms with Crippen LogP contribution in [0, 0.1) is 0 Å². The molecule has 0 aromatic heterocycles. The molecule has 1 aliphatic rings. The number of hydrogen-bond donors (Lipinski definition) is 0. The molecule has 2 aromatic rings. The second-order valence-corrected chi connectivity index (χ2v) is 5.80. The molecule has 0 unspecified atom stereocenters. The second kappa shape index (κ2) is 4.67. The van der Waals surface area contributed by atoms with Gasteiger partial charge >= 0.3 is 0 Å². The molecular formula is C14H12OS2. The van der Waals surface area contributed by atoms with E-state index < -0.39 is 0 Å². The van der Waals surface area contributed by atoms with Gasteiger partial charge in [0.15, 0.2) is 0 Å². The van der Waals surface area contributed by atoms with Crippen molar-refractivity contribution in [1.29, 1.82) is 0 Å². The van der Waals surface area contributed by atoms with Crippen LogP contribution in [0.3, 0.4) is 0 Å². The summed E-state index contributed by atoms with van der Waals surface area (Å²) >= 11 is 3.62. The van der Waals surface area contributed by atoms with Gasteiger partial charge in [0.05, 0.1) is 11.5 Å². The zero-order valence-corrected chi connectivity index (χ0v) is 11.1. The summed E-state index contributed by atoms with van der Waals surface area (Å²) in [6.07, 6.45) is 0. The standard InChI is InChI=1S/C14H12OS2/c1-2-15-10-6-5-9-13-14(10)17-12-8-4-3-7-11(12)16-13/h3-9H,2H2,1H3. The maximum Gasteiger partial charge on any atom is 0.134 e. The van der Waals surface area contributed by atoms with Crippen LogP contribution in [0.15, 0.2) is 62.0 Å². The lowest BCUT2D eigenvalue weighted by molar-refractivity contribution is 0.330. The Hall–Kier alpha value is -1.06. The zero-order chi connectivity index (χ0) is 11.7. The van der Waals surface area contributed by atoms with Crippen LogP contribution in [0.25, 0.3) is 0 Å². The number of fused-ring (bicyclic) bond motifs is 2. The molecule has 0 aliphatic carbocycles. The lowest BCUT2D eigenvalue weighted by Gasteiger charge is -2.20. The molecule has 0 N–H and O–H groups in total. The van der Waals surface area contributed by atoms with Crippen molar-refractivity contribution < 1.29 is 4.74 Å². The van der Waals surface area contributed by atoms with Crippen LogP contribution in [0.5, 0.6) is 5.75 Å². The van der Waals surface area contributed by atoms with Gasteiger partial charge in [0, 0.05) is 14.7 Å². The topological polar surface area (TPSA) is 9.23 Å². The molecule has 2 aromatic carbocycles. The molecule has 0 radical (unpaired) electrons. The number of rotatable bonds is 2. The van der Waals surface area contributed by atoms with Crippen molar-refractivity contribution in [2.24, 2.45) is 0 Å². The number of benzene rings is 2. The van der Waals surface area contributed by atoms with Gasteiger partial charge in [0.1, 0.15) is 5.75 Å². The maximum atomic E-state index is 5.69. The predicted octanol–water partition coefficient (Wildman–Crippen LogP) is 4.70. The molecule has 0 amide bonds. The van der Waals surface area contributed by atoms with E-state index in [-0.39, 0.29) is 0 Å². The van der Waals surface area contributed by atoms with E-state index in [1.165, 1.54) is 19.6 Å². The molecule has 0 atom stereocenters. The van der Waals surface area contributed by atoms with E-state index in [1.54, 1.807) is 11.8 Å². The van der Waals surface area contributed by atoms with Crippen LogP contribution in [-0.2, 0) is 0 Å². The van der Waals surface area contributed by atoms with Crippen molar-refractivity contribution in [2.75, 3.05) is 6.61 Å². The molecular weight excluding hydrogens is 248 g/mol. The molecule has 1 nitrogen and oxygen atoms in total. The summed E-state index contributed by atoms with van der Waals surface area (Å²) in [7, 11) is 0. The van der Waals surface area contributed by atoms with E-state index in [1.807, 2.05) is 24.8 Å². The van der Waals surface area contributed by atoms with Crippen molar-refractivity contribution in [3.05, 3.63) is 42.5 Å². The Morgan fingerprint density at radius 3 is 2.35 bits per heavy atom. The third kappa shape index (κ3) is 2.05. The molecule has 3 rings (SSSR count). The van der Waals surface area contributed by atoms with Crippen molar-refractivity contribution in [1.82, 2.24) is 0 Å². The first-order valence-corrected chi connectivity index (χ1v) is 7.22. The average molecular weight is 260 g/mol. The Morgan fingerprint density at radius 1 is 0.882 bits per heavy atom. The van der Waals surface area contributed by atoms with Crippen molar-refractivity contribution in [3.63, 3.8) is 0 Å². The van der Waals surface area contributed by atoms with E-state index >= 15 is 0 Å². The van der Waals surface area contributed by atoms with E-state index in [0.717, 1.165) is 5.75 Å². The van der Waals surface area contributed by atoms with Crippen molar-refractivity contribution in [2.45, 2.75) is 26.5 Å². The van der Waals surface area contributed by atoms with E-state index in [9.17, 15) is 0 Å². The van der Waals surface area contributed by atoms with Gasteiger partial charge in [-0.2, -0.15) is 0 Å². The van der Waals surface area contributed by atoms with Crippen molar-refractivity contribution >= 4 is 23.5 Å². The normalized spacial score (nSPS) is 12.8. The Morgan fingerprint density at radius 2 is 1.59 bits per heavy atom. The molecule has 0 fully saturated rings. The average Bonchev–Trinajstić information content (AvgIpc) is 2.37. The van der Waals surface area contributed by atoms with E-state index in [2.05, 4.69) is 36.4 Å². The van der Waals surface area contributed by atoms with Gasteiger partial charge < -0.3 is 4.74 Å². The smallest absolute Gasteiger partial charge is 0.134 e. The molecule has 1 heterocycles. The van der Waals surface area contributed by atoms with Gasteiger partial charge in [-0.25, -0.2) is 0 Å². The monoisotopic (exact) mass is 260 g/mol. The number of ether oxygens (including phenoxy) is 1. The fourth-order valence-corrected chi connectivity index (χ4v) is 4.12. The first kappa shape index (κ1) is 11.1. The lowest BCUT2D eigenvalue weighted by Crippen LogP contribution is -1.96. The maximum absolute atomic E-state index is 5.69. The predicted molar refractivity (Wildman–Crippen MR) is 72.3 cm³/mol. The molecule has 0 spiro atoms. The first-order valence-electron chi connectivity index (χ1n) is 5.59. The molecule has 0 saturated heterocycles. The van der Waals surface area contributed by atoms with Crippen LogP contribution in [0.1, 0.15) is 6.92 Å². The van der Waals surface area contributed by atoms with Crippen LogP contribution in [-0.4, -0.2) is 6.61 Å². The summed E-state index contributed by atoms with van der Waals surface area (Å²) in [5.74, 6) is 0.997. The summed E-state index contributed by atoms with van der Waals surface area (Å²) in [6.45, 7) is 2.73. The Kier molecular flexibility index (Phi) is 3.04. The van der Waals surface area contributed by atoms with Gasteiger partial charge in [0.25, 0.3) is 0 Å². The van der Waals surface area contributed by atoms with Gasteiger partial charge in [-0.3, -0.25) is 0 Å². The Bertz CT molecular complexity index is 552. The van der Waals surface area contributed by atoms with Gasteiger partial charge in [-0.15, -0.1) is 0 Å². The second-order valence-electron chi connectivity index (χ2n) is 3.67. The van der Waals surface area contributed by atoms with E-state index in [0.29, 0.717) is 6.61 Å². The zero-order valence-electron chi connectivity index (χ0n) is 9.47. The van der Waals surface area contributed by atoms with E-state index in [4.69, 9.17) is 4.74 Å². The van der Waals surface area contributed by atoms with Gasteiger partial charge in [-0.05, 0) is 31.2 Å². The minimum Gasteiger partial charge on any atom is -0.493 e. The molecule has 1 aliphatic heterocycles. The van der Waals surface area contributed by atoms with Crippen LogP contribution >= 0.6 is 23.5 Å². The summed E-state index contributed by atoms with van der Waals surface area (Å²) in [6, 6.07) is 14.8. The van der Waals surface area contributed by atoms with Crippen molar-refractivity contribution in [3.8, 4) is 5.75 Å². The van der Waals surface area contributed by atoms with Crippen LogP contribution in [0.2, 0.25) is 0 Å². The first-order chi connectivity index (χ1) is 8.38. The Balaban J connectivity index is 2.05. The highest BCUT2D eigenvalue weighted by atomic mass is 32.2. The SMILES string of the molecule is CCOc1cccc2c1Sc1ccccc1S2. The molecule has 3 heteroatoms. The summed E-state index contributed by atoms with van der Waals surface area (Å²) in [5.41, 5.74) is 0. The highest BCUT2D eigenvalue weighted by molar-refractivity contribution is 8.05. The summed E-state index contributed by atoms with van der Waals surface area (Å²) in [5, 5.41) is 0. The highest BCUT2D eigenvalue weighted by Gasteiger charge is 2.19. The lowest BCUT2D eigenvalue weighted by atomic mass is 10.3. The molecule has 0 saturated carbocycles. The summed E-state index contributed by atoms with van der Waals surface area (Å²) in [4.78, 5) is 5.19. The minimum absolute atomic E-state index is 0.712. The fourth-order valence-electron chi connectivity index (χ4n) is 1.79. The molecule has 0 bridgehead atoms. The number of hydrogen-bond acceptors (Lipinski definition) is 3. The molecule has 17 heavy (non-hydrogen) atoms. The fraction of sp³-hybridized carbons (Fsp3) is 0.143. The minimum atomic E-state index is 0.712. The third-order valence-corrected chi connectivity index (χ3v) is 5.12. The largest absolute Gasteiger partial charge is 0.493 e. The van der Waals surface area contributed by atoms with Crippen LogP contribution in [0.4, 0.5) is 0 Å². The Labute approximate surface area is 110 Å². The highest BCUT2D eigenvalue weighted by Crippen LogP contribution is 2.51. The summed E-state index contributed by atoms with van der Waals surface area (Å²) < 4.78 is 5.69. The quantitative estimate of drug-likeness (QED) is 0.661. The molecule has 86 valence electrons. The van der Waals surface area contributed by atoms with Gasteiger partial charge in [0.2, 0.25) is 0 Å². The van der Waals surface area contributed by atoms with Gasteiger partial charge in [-0.1, -0.05) is 41.7 Å². The van der Waals surface area contributed by atoms with Crippen LogP contribution < -0.4 is 4.74 Å².